The molecule has 2 rings (SSSR count). The Morgan fingerprint density at radius 1 is 1.00 bits per heavy atom. The molecule has 0 bridgehead atoms. The summed E-state index contributed by atoms with van der Waals surface area (Å²) in [7, 11) is 0. The highest BCUT2D eigenvalue weighted by Gasteiger charge is 2.02. The third kappa shape index (κ3) is 1.55. The second-order valence-electron chi connectivity index (χ2n) is 3.22. The van der Waals surface area contributed by atoms with Crippen molar-refractivity contribution >= 4 is 10.8 Å². The molecule has 0 amide bonds. The van der Waals surface area contributed by atoms with Crippen molar-refractivity contribution in [2.45, 2.75) is 13.1 Å². The number of alkyl halides is 1. The fourth-order valence-electron chi connectivity index (χ4n) is 1.46. The van der Waals surface area contributed by atoms with Gasteiger partial charge in [0.2, 0.25) is 0 Å². The number of rotatable bonds is 1. The van der Waals surface area contributed by atoms with E-state index in [1.54, 1.807) is 6.92 Å². The van der Waals surface area contributed by atoms with Crippen molar-refractivity contribution in [3.05, 3.63) is 48.0 Å². The van der Waals surface area contributed by atoms with Gasteiger partial charge < -0.3 is 0 Å². The van der Waals surface area contributed by atoms with E-state index in [4.69, 9.17) is 0 Å². The molecule has 13 heavy (non-hydrogen) atoms. The Morgan fingerprint density at radius 2 is 1.69 bits per heavy atom. The first kappa shape index (κ1) is 8.24. The van der Waals surface area contributed by atoms with Gasteiger partial charge in [0.25, 0.3) is 0 Å². The Labute approximate surface area is 77.0 Å². The molecule has 0 saturated carbocycles. The van der Waals surface area contributed by atoms with Crippen LogP contribution in [0.25, 0.3) is 10.8 Å². The summed E-state index contributed by atoms with van der Waals surface area (Å²) in [5.41, 5.74) is 0.749. The molecule has 0 aliphatic rings. The van der Waals surface area contributed by atoms with Crippen molar-refractivity contribution in [1.29, 1.82) is 0 Å². The summed E-state index contributed by atoms with van der Waals surface area (Å²) in [5, 5.41) is 2.26. The van der Waals surface area contributed by atoms with Gasteiger partial charge in [-0.1, -0.05) is 36.4 Å². The molecule has 2 aromatic carbocycles. The van der Waals surface area contributed by atoms with Crippen LogP contribution in [0.1, 0.15) is 18.7 Å². The lowest BCUT2D eigenvalue weighted by Gasteiger charge is -2.03. The summed E-state index contributed by atoms with van der Waals surface area (Å²) in [6.45, 7) is 1.56. The number of fused-ring (bicyclic) bond motifs is 1. The fraction of sp³-hybridized carbons (Fsp3) is 0.167. The van der Waals surface area contributed by atoms with Gasteiger partial charge in [-0.25, -0.2) is 4.39 Å². The largest absolute Gasteiger partial charge is 0.243 e. The molecule has 0 radical (unpaired) electrons. The predicted octanol–water partition coefficient (Wildman–Crippen LogP) is 3.87. The van der Waals surface area contributed by atoms with Gasteiger partial charge in [-0.05, 0) is 29.3 Å². The van der Waals surface area contributed by atoms with E-state index in [0.717, 1.165) is 16.3 Å². The second-order valence-corrected chi connectivity index (χ2v) is 3.22. The van der Waals surface area contributed by atoms with Crippen molar-refractivity contribution in [1.82, 2.24) is 0 Å². The topological polar surface area (TPSA) is 0 Å². The van der Waals surface area contributed by atoms with E-state index in [0.29, 0.717) is 0 Å². The van der Waals surface area contributed by atoms with Crippen molar-refractivity contribution in [2.75, 3.05) is 0 Å². The van der Waals surface area contributed by atoms with Crippen LogP contribution in [0.3, 0.4) is 0 Å². The van der Waals surface area contributed by atoms with Crippen LogP contribution in [0.4, 0.5) is 4.39 Å². The smallest absolute Gasteiger partial charge is 0.122 e. The predicted molar refractivity (Wildman–Crippen MR) is 53.5 cm³/mol. The Kier molecular flexibility index (Phi) is 2.01. The molecule has 1 heteroatoms. The zero-order valence-corrected chi connectivity index (χ0v) is 7.50. The summed E-state index contributed by atoms with van der Waals surface area (Å²) >= 11 is 0. The second kappa shape index (κ2) is 3.17. The zero-order chi connectivity index (χ0) is 9.26. The molecule has 0 aliphatic carbocycles. The van der Waals surface area contributed by atoms with Crippen molar-refractivity contribution in [2.24, 2.45) is 0 Å². The number of halogens is 1. The van der Waals surface area contributed by atoms with Gasteiger partial charge in [0.1, 0.15) is 6.17 Å². The lowest BCUT2D eigenvalue weighted by atomic mass is 10.1. The van der Waals surface area contributed by atoms with Crippen molar-refractivity contribution in [3.63, 3.8) is 0 Å². The minimum atomic E-state index is -0.885. The Bertz CT molecular complexity index is 418. The standard InChI is InChI=1S/C12H11F/c1-9(13)11-7-6-10-4-2-3-5-12(10)8-11/h2-9H,1H3/t9-/m1/s1. The van der Waals surface area contributed by atoms with E-state index in [-0.39, 0.29) is 0 Å². The lowest BCUT2D eigenvalue weighted by Crippen LogP contribution is -1.84. The van der Waals surface area contributed by atoms with Crippen LogP contribution in [0.15, 0.2) is 42.5 Å². The van der Waals surface area contributed by atoms with Crippen LogP contribution >= 0.6 is 0 Å². The molecule has 0 unspecified atom stereocenters. The fourth-order valence-corrected chi connectivity index (χ4v) is 1.46. The molecule has 0 nitrogen and oxygen atoms in total. The highest BCUT2D eigenvalue weighted by Crippen LogP contribution is 2.21. The molecule has 0 spiro atoms. The van der Waals surface area contributed by atoms with Crippen LogP contribution in [-0.2, 0) is 0 Å². The molecule has 0 saturated heterocycles. The van der Waals surface area contributed by atoms with Crippen LogP contribution in [0.2, 0.25) is 0 Å². The minimum absolute atomic E-state index is 0.749. The Balaban J connectivity index is 2.62. The van der Waals surface area contributed by atoms with Crippen LogP contribution in [0, 0.1) is 0 Å². The van der Waals surface area contributed by atoms with Gasteiger partial charge in [0.15, 0.2) is 0 Å². The summed E-state index contributed by atoms with van der Waals surface area (Å²) in [6, 6.07) is 13.7. The normalized spacial score (nSPS) is 13.1. The summed E-state index contributed by atoms with van der Waals surface area (Å²) in [4.78, 5) is 0. The molecule has 0 aliphatic heterocycles. The average Bonchev–Trinajstić information content (AvgIpc) is 2.17. The maximum Gasteiger partial charge on any atom is 0.122 e. The first-order valence-electron chi connectivity index (χ1n) is 4.40. The molecule has 66 valence electrons. The number of hydrogen-bond acceptors (Lipinski definition) is 0. The third-order valence-electron chi connectivity index (χ3n) is 2.23. The van der Waals surface area contributed by atoms with Crippen LogP contribution in [-0.4, -0.2) is 0 Å². The van der Waals surface area contributed by atoms with Gasteiger partial charge in [0.05, 0.1) is 0 Å². The quantitative estimate of drug-likeness (QED) is 0.615. The highest BCUT2D eigenvalue weighted by molar-refractivity contribution is 5.83. The van der Waals surface area contributed by atoms with Gasteiger partial charge in [-0.2, -0.15) is 0 Å². The van der Waals surface area contributed by atoms with E-state index >= 15 is 0 Å². The van der Waals surface area contributed by atoms with Crippen LogP contribution in [0.5, 0.6) is 0 Å². The Morgan fingerprint density at radius 3 is 2.38 bits per heavy atom. The van der Waals surface area contributed by atoms with Gasteiger partial charge >= 0.3 is 0 Å². The van der Waals surface area contributed by atoms with Crippen LogP contribution < -0.4 is 0 Å². The van der Waals surface area contributed by atoms with E-state index in [9.17, 15) is 4.39 Å². The van der Waals surface area contributed by atoms with Crippen molar-refractivity contribution < 1.29 is 4.39 Å². The lowest BCUT2D eigenvalue weighted by molar-refractivity contribution is 0.374. The maximum atomic E-state index is 13.0. The molecular weight excluding hydrogens is 163 g/mol. The number of hydrogen-bond donors (Lipinski definition) is 0. The third-order valence-corrected chi connectivity index (χ3v) is 2.23. The zero-order valence-electron chi connectivity index (χ0n) is 7.50. The van der Waals surface area contributed by atoms with E-state index < -0.39 is 6.17 Å². The summed E-state index contributed by atoms with van der Waals surface area (Å²) < 4.78 is 13.0. The molecule has 1 atom stereocenters. The van der Waals surface area contributed by atoms with E-state index in [1.807, 2.05) is 42.5 Å². The van der Waals surface area contributed by atoms with Crippen molar-refractivity contribution in [3.8, 4) is 0 Å². The first-order chi connectivity index (χ1) is 6.27. The monoisotopic (exact) mass is 174 g/mol. The minimum Gasteiger partial charge on any atom is -0.243 e. The maximum absolute atomic E-state index is 13.0. The molecular formula is C12H11F. The highest BCUT2D eigenvalue weighted by atomic mass is 19.1. The van der Waals surface area contributed by atoms with Gasteiger partial charge in [-0.15, -0.1) is 0 Å². The Hall–Kier alpha value is -1.37. The average molecular weight is 174 g/mol. The molecule has 0 fully saturated rings. The summed E-state index contributed by atoms with van der Waals surface area (Å²) in [5.74, 6) is 0. The first-order valence-corrected chi connectivity index (χ1v) is 4.40. The summed E-state index contributed by atoms with van der Waals surface area (Å²) in [6.07, 6.45) is -0.885. The molecule has 2 aromatic rings. The molecule has 0 aromatic heterocycles. The van der Waals surface area contributed by atoms with E-state index in [1.165, 1.54) is 0 Å². The van der Waals surface area contributed by atoms with Gasteiger partial charge in [-0.3, -0.25) is 0 Å². The number of benzene rings is 2. The SMILES string of the molecule is C[C@@H](F)c1ccc2ccccc2c1. The van der Waals surface area contributed by atoms with E-state index in [2.05, 4.69) is 0 Å². The van der Waals surface area contributed by atoms with Gasteiger partial charge in [0, 0.05) is 0 Å². The molecule has 0 N–H and O–H groups in total. The molecule has 0 heterocycles.